The van der Waals surface area contributed by atoms with E-state index in [2.05, 4.69) is 6.58 Å². The summed E-state index contributed by atoms with van der Waals surface area (Å²) < 4.78 is 15.5. The lowest BCUT2D eigenvalue weighted by Crippen LogP contribution is -2.72. The summed E-state index contributed by atoms with van der Waals surface area (Å²) in [6.07, 6.45) is 1.27. The number of likely N-dealkylation sites (tertiary alicyclic amines) is 1. The van der Waals surface area contributed by atoms with Crippen LogP contribution in [0.2, 0.25) is 0 Å². The van der Waals surface area contributed by atoms with Crippen molar-refractivity contribution in [3.05, 3.63) is 70.8 Å². The van der Waals surface area contributed by atoms with Gasteiger partial charge in [-0.3, -0.25) is 19.3 Å². The van der Waals surface area contributed by atoms with Gasteiger partial charge in [0.1, 0.15) is 18.2 Å². The number of nitrogens with zero attached hydrogens (tertiary/aromatic N) is 2. The lowest BCUT2D eigenvalue weighted by atomic mass is 9.79. The first-order valence-corrected chi connectivity index (χ1v) is 10.5. The lowest BCUT2D eigenvalue weighted by molar-refractivity contribution is -0.152. The van der Waals surface area contributed by atoms with Crippen molar-refractivity contribution in [1.82, 2.24) is 9.80 Å². The Balaban J connectivity index is 1.54. The van der Waals surface area contributed by atoms with Gasteiger partial charge in [0.05, 0.1) is 42.5 Å². The van der Waals surface area contributed by atoms with E-state index >= 15 is 0 Å². The summed E-state index contributed by atoms with van der Waals surface area (Å²) in [5.74, 6) is -3.05. The molecule has 4 aliphatic rings. The summed E-state index contributed by atoms with van der Waals surface area (Å²) in [4.78, 5) is 66.6. The normalized spacial score (nSPS) is 27.0. The highest BCUT2D eigenvalue weighted by atomic mass is 16.5. The van der Waals surface area contributed by atoms with Crippen molar-refractivity contribution >= 4 is 29.7 Å². The van der Waals surface area contributed by atoms with E-state index in [1.165, 1.54) is 37.3 Å². The summed E-state index contributed by atoms with van der Waals surface area (Å²) in [6.45, 7) is 3.83. The Morgan fingerprint density at radius 1 is 1.00 bits per heavy atom. The highest BCUT2D eigenvalue weighted by Crippen LogP contribution is 2.46. The molecule has 5 rings (SSSR count). The molecule has 0 spiro atoms. The minimum Gasteiger partial charge on any atom is -0.466 e. The minimum atomic E-state index is -1.12. The van der Waals surface area contributed by atoms with Gasteiger partial charge in [-0.15, -0.1) is 6.58 Å². The van der Waals surface area contributed by atoms with Crippen molar-refractivity contribution in [2.45, 2.75) is 24.3 Å². The smallest absolute Gasteiger partial charge is 0.337 e. The first-order chi connectivity index (χ1) is 16.3. The first-order valence-electron chi connectivity index (χ1n) is 10.5. The molecule has 10 nitrogen and oxygen atoms in total. The Bertz CT molecular complexity index is 1210. The number of β-lactam (4-membered cyclic amide) rings is 1. The third-order valence-electron chi connectivity index (χ3n) is 6.52. The van der Waals surface area contributed by atoms with Gasteiger partial charge in [0.25, 0.3) is 11.8 Å². The maximum Gasteiger partial charge on any atom is 0.337 e. The molecule has 4 aliphatic heterocycles. The monoisotopic (exact) mass is 464 g/mol. The molecule has 1 aromatic carbocycles. The highest BCUT2D eigenvalue weighted by molar-refractivity contribution is 6.23. The molecule has 10 heteroatoms. The number of fused-ring (bicyclic) bond motifs is 3. The maximum atomic E-state index is 13.1. The van der Waals surface area contributed by atoms with Crippen LogP contribution in [0, 0.1) is 0 Å². The molecular formula is C24H20N2O8. The SMILES string of the molecule is C=CCN1C(=O)[C@@H](N2C(=O)c3ccccc3C2=O)[C@H]1C1=C[C@H]2O[C@@H]1C(C(=O)OC)=C2C(=O)OC. The van der Waals surface area contributed by atoms with E-state index in [4.69, 9.17) is 14.2 Å². The number of hydrogen-bond donors (Lipinski definition) is 0. The fourth-order valence-corrected chi connectivity index (χ4v) is 5.07. The molecule has 4 heterocycles. The number of carbonyl (C=O) groups excluding carboxylic acids is 5. The quantitative estimate of drug-likeness (QED) is 0.257. The van der Waals surface area contributed by atoms with Gasteiger partial charge in [0.15, 0.2) is 0 Å². The van der Waals surface area contributed by atoms with Crippen LogP contribution in [0.1, 0.15) is 20.7 Å². The molecule has 0 aliphatic carbocycles. The third-order valence-corrected chi connectivity index (χ3v) is 6.52. The van der Waals surface area contributed by atoms with Crippen molar-refractivity contribution < 1.29 is 38.2 Å². The molecule has 174 valence electrons. The van der Waals surface area contributed by atoms with Crippen LogP contribution in [-0.2, 0) is 28.6 Å². The fraction of sp³-hybridized carbons (Fsp3) is 0.292. The Labute approximate surface area is 194 Å². The zero-order valence-electron chi connectivity index (χ0n) is 18.3. The Hall–Kier alpha value is -4.05. The molecule has 0 radical (unpaired) electrons. The Morgan fingerprint density at radius 3 is 2.15 bits per heavy atom. The standard InChI is InChI=1S/C24H20N2O8/c1-4-9-25-17(13-10-14-15(23(30)32-2)16(19(13)34-14)24(31)33-3)18(22(25)29)26-20(27)11-7-5-6-8-12(11)21(26)28/h4-8,10,14,17-19H,1,9H2,2-3H3/t14-,17-,18+,19+/m1/s1. The van der Waals surface area contributed by atoms with E-state index in [0.29, 0.717) is 5.57 Å². The fourth-order valence-electron chi connectivity index (χ4n) is 5.07. The highest BCUT2D eigenvalue weighted by Gasteiger charge is 2.61. The van der Waals surface area contributed by atoms with Gasteiger partial charge >= 0.3 is 11.9 Å². The third kappa shape index (κ3) is 2.75. The number of esters is 2. The zero-order chi connectivity index (χ0) is 24.3. The Kier molecular flexibility index (Phi) is 4.98. The number of amides is 3. The number of rotatable bonds is 6. The van der Waals surface area contributed by atoms with Crippen LogP contribution in [0.3, 0.4) is 0 Å². The van der Waals surface area contributed by atoms with E-state index < -0.39 is 54.0 Å². The van der Waals surface area contributed by atoms with E-state index in [0.717, 1.165) is 4.90 Å². The summed E-state index contributed by atoms with van der Waals surface area (Å²) >= 11 is 0. The van der Waals surface area contributed by atoms with Crippen molar-refractivity contribution in [3.8, 4) is 0 Å². The number of ether oxygens (including phenoxy) is 3. The second-order valence-corrected chi connectivity index (χ2v) is 8.11. The summed E-state index contributed by atoms with van der Waals surface area (Å²) in [5, 5.41) is 0. The van der Waals surface area contributed by atoms with E-state index in [-0.39, 0.29) is 28.8 Å². The second-order valence-electron chi connectivity index (χ2n) is 8.11. The van der Waals surface area contributed by atoms with E-state index in [1.807, 2.05) is 0 Å². The molecule has 2 bridgehead atoms. The van der Waals surface area contributed by atoms with Crippen LogP contribution >= 0.6 is 0 Å². The van der Waals surface area contributed by atoms with Gasteiger partial charge in [-0.05, 0) is 23.8 Å². The van der Waals surface area contributed by atoms with Crippen LogP contribution in [-0.4, -0.2) is 84.5 Å². The van der Waals surface area contributed by atoms with Crippen molar-refractivity contribution in [1.29, 1.82) is 0 Å². The molecule has 1 fully saturated rings. The van der Waals surface area contributed by atoms with Crippen LogP contribution < -0.4 is 0 Å². The van der Waals surface area contributed by atoms with Crippen LogP contribution in [0.4, 0.5) is 0 Å². The van der Waals surface area contributed by atoms with Crippen LogP contribution in [0.5, 0.6) is 0 Å². The molecular weight excluding hydrogens is 444 g/mol. The first kappa shape index (κ1) is 21.8. The van der Waals surface area contributed by atoms with Crippen molar-refractivity contribution in [3.63, 3.8) is 0 Å². The van der Waals surface area contributed by atoms with Gasteiger partial charge in [-0.25, -0.2) is 9.59 Å². The average molecular weight is 464 g/mol. The van der Waals surface area contributed by atoms with Gasteiger partial charge < -0.3 is 19.1 Å². The minimum absolute atomic E-state index is 0.0177. The van der Waals surface area contributed by atoms with Gasteiger partial charge in [-0.2, -0.15) is 0 Å². The van der Waals surface area contributed by atoms with E-state index in [1.54, 1.807) is 18.2 Å². The average Bonchev–Trinajstić information content (AvgIpc) is 3.51. The van der Waals surface area contributed by atoms with Gasteiger partial charge in [0.2, 0.25) is 5.91 Å². The second kappa shape index (κ2) is 7.77. The van der Waals surface area contributed by atoms with Crippen molar-refractivity contribution in [2.24, 2.45) is 0 Å². The molecule has 4 atom stereocenters. The summed E-state index contributed by atoms with van der Waals surface area (Å²) in [5.41, 5.74) is 0.947. The molecule has 1 saturated heterocycles. The molecule has 34 heavy (non-hydrogen) atoms. The Morgan fingerprint density at radius 2 is 1.59 bits per heavy atom. The number of imide groups is 1. The number of methoxy groups -OCH3 is 2. The topological polar surface area (TPSA) is 120 Å². The predicted octanol–water partition coefficient (Wildman–Crippen LogP) is 0.398. The van der Waals surface area contributed by atoms with Gasteiger partial charge in [0, 0.05) is 6.54 Å². The molecule has 0 N–H and O–H groups in total. The largest absolute Gasteiger partial charge is 0.466 e. The lowest BCUT2D eigenvalue weighted by Gasteiger charge is -2.50. The molecule has 3 amide bonds. The predicted molar refractivity (Wildman–Crippen MR) is 114 cm³/mol. The summed E-state index contributed by atoms with van der Waals surface area (Å²) in [7, 11) is 2.37. The van der Waals surface area contributed by atoms with E-state index in [9.17, 15) is 24.0 Å². The number of hydrogen-bond acceptors (Lipinski definition) is 8. The van der Waals surface area contributed by atoms with Crippen LogP contribution in [0.25, 0.3) is 0 Å². The number of benzene rings is 1. The van der Waals surface area contributed by atoms with Crippen molar-refractivity contribution in [2.75, 3.05) is 20.8 Å². The molecule has 1 aromatic rings. The zero-order valence-corrected chi connectivity index (χ0v) is 18.3. The molecule has 0 aromatic heterocycles. The van der Waals surface area contributed by atoms with Gasteiger partial charge in [-0.1, -0.05) is 18.2 Å². The summed E-state index contributed by atoms with van der Waals surface area (Å²) in [6, 6.07) is 4.48. The molecule has 0 saturated carbocycles. The maximum absolute atomic E-state index is 13.1. The molecule has 0 unspecified atom stereocenters. The van der Waals surface area contributed by atoms with Crippen LogP contribution in [0.15, 0.2) is 59.7 Å². The number of carbonyl (C=O) groups is 5.